The van der Waals surface area contributed by atoms with Crippen molar-refractivity contribution in [2.75, 3.05) is 0 Å². The highest BCUT2D eigenvalue weighted by Gasteiger charge is 2.48. The van der Waals surface area contributed by atoms with E-state index in [1.807, 2.05) is 12.1 Å². The van der Waals surface area contributed by atoms with Crippen molar-refractivity contribution in [1.82, 2.24) is 0 Å². The summed E-state index contributed by atoms with van der Waals surface area (Å²) < 4.78 is 5.62. The average molecular weight is 423 g/mol. The minimum atomic E-state index is -0.223. The Balaban J connectivity index is 2.82. The van der Waals surface area contributed by atoms with E-state index in [9.17, 15) is 9.90 Å². The number of esters is 1. The number of benzene rings is 1. The first kappa shape index (κ1) is 25.9. The SMILES string of the molecule is CCCC(CCCC(OC(C)=O)SCc1ccc(O)cc1)(C(C)(C)C)C(C)(C)C. The first-order valence-electron chi connectivity index (χ1n) is 10.9. The van der Waals surface area contributed by atoms with Crippen molar-refractivity contribution in [2.24, 2.45) is 16.2 Å². The van der Waals surface area contributed by atoms with Crippen LogP contribution in [-0.2, 0) is 15.3 Å². The van der Waals surface area contributed by atoms with Gasteiger partial charge in [0, 0.05) is 12.7 Å². The number of ether oxygens (including phenoxy) is 1. The minimum absolute atomic E-state index is 0.138. The van der Waals surface area contributed by atoms with Gasteiger partial charge >= 0.3 is 5.97 Å². The zero-order valence-corrected chi connectivity index (χ0v) is 20.6. The van der Waals surface area contributed by atoms with Gasteiger partial charge in [0.25, 0.3) is 0 Å². The summed E-state index contributed by atoms with van der Waals surface area (Å²) >= 11 is 1.66. The number of carbonyl (C=O) groups is 1. The van der Waals surface area contributed by atoms with Crippen LogP contribution in [0.15, 0.2) is 24.3 Å². The third kappa shape index (κ3) is 7.55. The Hall–Kier alpha value is -1.16. The molecule has 0 heterocycles. The molecule has 1 aromatic carbocycles. The van der Waals surface area contributed by atoms with Crippen LogP contribution in [0.5, 0.6) is 5.75 Å². The number of phenols is 1. The molecular formula is C25H42O3S. The first-order valence-corrected chi connectivity index (χ1v) is 11.9. The van der Waals surface area contributed by atoms with Gasteiger partial charge in [-0.2, -0.15) is 0 Å². The Labute approximate surface area is 183 Å². The molecule has 0 spiro atoms. The van der Waals surface area contributed by atoms with E-state index in [4.69, 9.17) is 4.74 Å². The molecule has 0 fully saturated rings. The van der Waals surface area contributed by atoms with Crippen LogP contribution in [0, 0.1) is 16.2 Å². The predicted octanol–water partition coefficient (Wildman–Crippen LogP) is 7.56. The van der Waals surface area contributed by atoms with Crippen molar-refractivity contribution in [3.05, 3.63) is 29.8 Å². The summed E-state index contributed by atoms with van der Waals surface area (Å²) in [5, 5.41) is 9.44. The van der Waals surface area contributed by atoms with Crippen LogP contribution in [0.3, 0.4) is 0 Å². The smallest absolute Gasteiger partial charge is 0.303 e. The number of hydrogen-bond donors (Lipinski definition) is 1. The van der Waals surface area contributed by atoms with Gasteiger partial charge in [-0.3, -0.25) is 4.79 Å². The highest BCUT2D eigenvalue weighted by molar-refractivity contribution is 7.99. The molecule has 29 heavy (non-hydrogen) atoms. The van der Waals surface area contributed by atoms with Gasteiger partial charge < -0.3 is 9.84 Å². The molecule has 0 aliphatic carbocycles. The second-order valence-electron chi connectivity index (χ2n) is 10.2. The summed E-state index contributed by atoms with van der Waals surface area (Å²) in [5.41, 5.74) is 1.63. The molecule has 0 radical (unpaired) electrons. The van der Waals surface area contributed by atoms with Crippen molar-refractivity contribution < 1.29 is 14.6 Å². The topological polar surface area (TPSA) is 46.5 Å². The molecule has 3 nitrogen and oxygen atoms in total. The summed E-state index contributed by atoms with van der Waals surface area (Å²) in [6.07, 6.45) is 5.41. The van der Waals surface area contributed by atoms with Gasteiger partial charge in [0.2, 0.25) is 0 Å². The molecule has 0 bridgehead atoms. The van der Waals surface area contributed by atoms with Crippen LogP contribution in [-0.4, -0.2) is 16.5 Å². The Bertz CT molecular complexity index is 609. The lowest BCUT2D eigenvalue weighted by Crippen LogP contribution is -2.46. The van der Waals surface area contributed by atoms with Crippen molar-refractivity contribution in [3.8, 4) is 5.75 Å². The normalized spacial score (nSPS) is 13.9. The third-order valence-electron chi connectivity index (χ3n) is 6.26. The lowest BCUT2D eigenvalue weighted by atomic mass is 9.50. The summed E-state index contributed by atoms with van der Waals surface area (Å²) in [6, 6.07) is 7.22. The van der Waals surface area contributed by atoms with Crippen molar-refractivity contribution in [1.29, 1.82) is 0 Å². The van der Waals surface area contributed by atoms with Crippen molar-refractivity contribution in [3.63, 3.8) is 0 Å². The zero-order chi connectivity index (χ0) is 22.3. The van der Waals surface area contributed by atoms with Crippen LogP contribution in [0.4, 0.5) is 0 Å². The Morgan fingerprint density at radius 3 is 2.03 bits per heavy atom. The molecular weight excluding hydrogens is 380 g/mol. The Kier molecular flexibility index (Phi) is 9.59. The molecule has 4 heteroatoms. The summed E-state index contributed by atoms with van der Waals surface area (Å²) in [7, 11) is 0. The number of aromatic hydroxyl groups is 1. The van der Waals surface area contributed by atoms with Crippen molar-refractivity contribution in [2.45, 2.75) is 98.7 Å². The fraction of sp³-hybridized carbons (Fsp3) is 0.720. The molecule has 0 aliphatic rings. The number of rotatable bonds is 10. The molecule has 1 aromatic rings. The highest BCUT2D eigenvalue weighted by atomic mass is 32.2. The predicted molar refractivity (Wildman–Crippen MR) is 125 cm³/mol. The summed E-state index contributed by atoms with van der Waals surface area (Å²) in [6.45, 7) is 18.0. The molecule has 0 saturated heterocycles. The van der Waals surface area contributed by atoms with Gasteiger partial charge in [-0.15, -0.1) is 11.8 Å². The van der Waals surface area contributed by atoms with Gasteiger partial charge in [-0.05, 0) is 59.6 Å². The lowest BCUT2D eigenvalue weighted by Gasteiger charge is -2.54. The van der Waals surface area contributed by atoms with Crippen LogP contribution in [0.2, 0.25) is 0 Å². The van der Waals surface area contributed by atoms with Gasteiger partial charge in [-0.25, -0.2) is 0 Å². The molecule has 0 aromatic heterocycles. The highest BCUT2D eigenvalue weighted by Crippen LogP contribution is 2.57. The molecule has 166 valence electrons. The molecule has 1 N–H and O–H groups in total. The largest absolute Gasteiger partial charge is 0.508 e. The van der Waals surface area contributed by atoms with E-state index in [2.05, 4.69) is 48.5 Å². The van der Waals surface area contributed by atoms with Crippen LogP contribution in [0.1, 0.15) is 93.1 Å². The first-order chi connectivity index (χ1) is 13.3. The summed E-state index contributed by atoms with van der Waals surface area (Å²) in [5.74, 6) is 0.809. The number of phenolic OH excluding ortho intramolecular Hbond substituents is 1. The Morgan fingerprint density at radius 2 is 1.59 bits per heavy atom. The van der Waals surface area contributed by atoms with Crippen LogP contribution < -0.4 is 0 Å². The molecule has 0 saturated carbocycles. The van der Waals surface area contributed by atoms with E-state index in [0.29, 0.717) is 0 Å². The molecule has 1 rings (SSSR count). The van der Waals surface area contributed by atoms with E-state index >= 15 is 0 Å². The maximum atomic E-state index is 11.6. The quantitative estimate of drug-likeness (QED) is 0.312. The molecule has 0 amide bonds. The van der Waals surface area contributed by atoms with Gasteiger partial charge in [0.1, 0.15) is 11.2 Å². The van der Waals surface area contributed by atoms with E-state index in [1.54, 1.807) is 23.9 Å². The maximum Gasteiger partial charge on any atom is 0.303 e. The van der Waals surface area contributed by atoms with E-state index in [-0.39, 0.29) is 33.4 Å². The Morgan fingerprint density at radius 1 is 1.03 bits per heavy atom. The average Bonchev–Trinajstić information content (AvgIpc) is 2.57. The fourth-order valence-corrected chi connectivity index (χ4v) is 6.00. The maximum absolute atomic E-state index is 11.6. The van der Waals surface area contributed by atoms with Gasteiger partial charge in [0.15, 0.2) is 0 Å². The van der Waals surface area contributed by atoms with Crippen LogP contribution in [0.25, 0.3) is 0 Å². The van der Waals surface area contributed by atoms with E-state index in [1.165, 1.54) is 19.8 Å². The second-order valence-corrected chi connectivity index (χ2v) is 11.4. The second kappa shape index (κ2) is 10.7. The number of carbonyl (C=O) groups excluding carboxylic acids is 1. The number of thioether (sulfide) groups is 1. The summed E-state index contributed by atoms with van der Waals surface area (Å²) in [4.78, 5) is 11.6. The van der Waals surface area contributed by atoms with Crippen LogP contribution >= 0.6 is 11.8 Å². The fourth-order valence-electron chi connectivity index (χ4n) is 4.89. The van der Waals surface area contributed by atoms with Gasteiger partial charge in [-0.1, -0.05) is 67.0 Å². The minimum Gasteiger partial charge on any atom is -0.508 e. The molecule has 1 atom stereocenters. The van der Waals surface area contributed by atoms with Crippen molar-refractivity contribution >= 4 is 17.7 Å². The monoisotopic (exact) mass is 422 g/mol. The number of hydrogen-bond acceptors (Lipinski definition) is 4. The zero-order valence-electron chi connectivity index (χ0n) is 19.8. The molecule has 1 unspecified atom stereocenters. The lowest BCUT2D eigenvalue weighted by molar-refractivity contribution is -0.142. The van der Waals surface area contributed by atoms with E-state index in [0.717, 1.165) is 30.6 Å². The standard InChI is InChI=1S/C25H42O3S/c1-9-16-25(23(3,4)5,24(6,7)8)17-10-11-22(28-19(2)26)29-18-20-12-14-21(27)15-13-20/h12-15,22,27H,9-11,16-18H2,1-8H3. The van der Waals surface area contributed by atoms with Gasteiger partial charge in [0.05, 0.1) is 0 Å². The van der Waals surface area contributed by atoms with E-state index < -0.39 is 0 Å². The third-order valence-corrected chi connectivity index (χ3v) is 7.46. The molecule has 0 aliphatic heterocycles.